The number of rotatable bonds is 3. The van der Waals surface area contributed by atoms with E-state index in [0.717, 1.165) is 22.6 Å². The minimum absolute atomic E-state index is 0.0535. The summed E-state index contributed by atoms with van der Waals surface area (Å²) in [5, 5.41) is 0. The van der Waals surface area contributed by atoms with Crippen LogP contribution in [0.15, 0.2) is 42.5 Å². The highest BCUT2D eigenvalue weighted by Crippen LogP contribution is 2.35. The Bertz CT molecular complexity index is 661. The highest BCUT2D eigenvalue weighted by Gasteiger charge is 2.29. The van der Waals surface area contributed by atoms with Crippen LogP contribution in [0.4, 0.5) is 0 Å². The van der Waals surface area contributed by atoms with Gasteiger partial charge < -0.3 is 14.2 Å². The second-order valence-corrected chi connectivity index (χ2v) is 4.89. The van der Waals surface area contributed by atoms with Crippen LogP contribution in [0.3, 0.4) is 0 Å². The molecule has 0 saturated heterocycles. The summed E-state index contributed by atoms with van der Waals surface area (Å²) in [6, 6.07) is 12.9. The predicted octanol–water partition coefficient (Wildman–Crippen LogP) is 2.95. The Morgan fingerprint density at radius 1 is 1.00 bits per heavy atom. The third-order valence-electron chi connectivity index (χ3n) is 3.59. The number of ether oxygens (including phenoxy) is 3. The fraction of sp³-hybridized carbons (Fsp3) is 0.235. The Balaban J connectivity index is 1.91. The van der Waals surface area contributed by atoms with E-state index in [1.165, 1.54) is 0 Å². The second kappa shape index (κ2) is 5.48. The minimum Gasteiger partial charge on any atom is -0.497 e. The normalized spacial score (nSPS) is 16.9. The first-order chi connectivity index (χ1) is 10.2. The van der Waals surface area contributed by atoms with Gasteiger partial charge in [0, 0.05) is 23.6 Å². The molecule has 0 aliphatic carbocycles. The predicted molar refractivity (Wildman–Crippen MR) is 78.1 cm³/mol. The molecule has 0 saturated carbocycles. The third kappa shape index (κ3) is 2.57. The maximum Gasteiger partial charge on any atom is 0.182 e. The van der Waals surface area contributed by atoms with Gasteiger partial charge in [-0.3, -0.25) is 4.79 Å². The summed E-state index contributed by atoms with van der Waals surface area (Å²) in [7, 11) is 3.22. The van der Waals surface area contributed by atoms with E-state index in [4.69, 9.17) is 14.2 Å². The minimum atomic E-state index is -0.574. The van der Waals surface area contributed by atoms with Gasteiger partial charge in [-0.1, -0.05) is 18.2 Å². The molecule has 0 fully saturated rings. The average Bonchev–Trinajstić information content (AvgIpc) is 2.54. The summed E-state index contributed by atoms with van der Waals surface area (Å²) in [6.45, 7) is 0. The molecule has 0 N–H and O–H groups in total. The molecule has 0 radical (unpaired) electrons. The maximum absolute atomic E-state index is 12.3. The van der Waals surface area contributed by atoms with Crippen LogP contribution in [0.1, 0.15) is 17.2 Å². The van der Waals surface area contributed by atoms with Crippen LogP contribution in [0, 0.1) is 0 Å². The zero-order valence-corrected chi connectivity index (χ0v) is 12.0. The van der Waals surface area contributed by atoms with E-state index in [-0.39, 0.29) is 5.78 Å². The summed E-state index contributed by atoms with van der Waals surface area (Å²) >= 11 is 0. The van der Waals surface area contributed by atoms with Crippen molar-refractivity contribution in [2.24, 2.45) is 0 Å². The van der Waals surface area contributed by atoms with E-state index in [0.29, 0.717) is 12.2 Å². The molecule has 0 amide bonds. The smallest absolute Gasteiger partial charge is 0.182 e. The number of hydrogen-bond acceptors (Lipinski definition) is 4. The van der Waals surface area contributed by atoms with E-state index < -0.39 is 6.10 Å². The lowest BCUT2D eigenvalue weighted by molar-refractivity contribution is -0.126. The highest BCUT2D eigenvalue weighted by molar-refractivity contribution is 5.88. The van der Waals surface area contributed by atoms with Gasteiger partial charge in [-0.15, -0.1) is 0 Å². The Kier molecular flexibility index (Phi) is 3.52. The molecule has 4 nitrogen and oxygen atoms in total. The van der Waals surface area contributed by atoms with Crippen molar-refractivity contribution in [1.82, 2.24) is 0 Å². The average molecular weight is 284 g/mol. The lowest BCUT2D eigenvalue weighted by Gasteiger charge is -2.25. The number of ketones is 1. The summed E-state index contributed by atoms with van der Waals surface area (Å²) in [4.78, 5) is 12.3. The molecule has 0 aromatic heterocycles. The first kappa shape index (κ1) is 13.5. The third-order valence-corrected chi connectivity index (χ3v) is 3.59. The van der Waals surface area contributed by atoms with Gasteiger partial charge >= 0.3 is 0 Å². The largest absolute Gasteiger partial charge is 0.497 e. The molecule has 1 heterocycles. The Hall–Kier alpha value is -2.49. The number of carbonyl (C=O) groups excluding carboxylic acids is 1. The topological polar surface area (TPSA) is 44.8 Å². The van der Waals surface area contributed by atoms with Gasteiger partial charge in [0.1, 0.15) is 17.2 Å². The summed E-state index contributed by atoms with van der Waals surface area (Å²) in [5.41, 5.74) is 1.72. The van der Waals surface area contributed by atoms with Crippen LogP contribution in [0.2, 0.25) is 0 Å². The quantitative estimate of drug-likeness (QED) is 0.869. The maximum atomic E-state index is 12.3. The monoisotopic (exact) mass is 284 g/mol. The van der Waals surface area contributed by atoms with Crippen molar-refractivity contribution in [1.29, 1.82) is 0 Å². The van der Waals surface area contributed by atoms with Crippen LogP contribution < -0.4 is 14.2 Å². The molecule has 1 aliphatic rings. The van der Waals surface area contributed by atoms with E-state index in [2.05, 4.69) is 0 Å². The van der Waals surface area contributed by atoms with Crippen LogP contribution in [-0.2, 0) is 11.2 Å². The van der Waals surface area contributed by atoms with Gasteiger partial charge in [0.2, 0.25) is 0 Å². The molecular weight excluding hydrogens is 268 g/mol. The SMILES string of the molecule is COc1ccc(C2Oc3cc(OC)ccc3CC2=O)cc1. The molecule has 0 spiro atoms. The van der Waals surface area contributed by atoms with Gasteiger partial charge in [0.15, 0.2) is 11.9 Å². The molecule has 1 aliphatic heterocycles. The van der Waals surface area contributed by atoms with Crippen LogP contribution in [0.5, 0.6) is 17.2 Å². The van der Waals surface area contributed by atoms with Crippen molar-refractivity contribution in [3.63, 3.8) is 0 Å². The van der Waals surface area contributed by atoms with Gasteiger partial charge in [0.05, 0.1) is 14.2 Å². The Morgan fingerprint density at radius 2 is 1.67 bits per heavy atom. The fourth-order valence-electron chi connectivity index (χ4n) is 2.42. The molecule has 108 valence electrons. The van der Waals surface area contributed by atoms with E-state index in [1.54, 1.807) is 14.2 Å². The first-order valence-electron chi connectivity index (χ1n) is 6.71. The van der Waals surface area contributed by atoms with Crippen LogP contribution in [0.25, 0.3) is 0 Å². The highest BCUT2D eigenvalue weighted by atomic mass is 16.5. The van der Waals surface area contributed by atoms with E-state index in [1.807, 2.05) is 42.5 Å². The Morgan fingerprint density at radius 3 is 2.33 bits per heavy atom. The molecule has 4 heteroatoms. The fourth-order valence-corrected chi connectivity index (χ4v) is 2.42. The second-order valence-electron chi connectivity index (χ2n) is 4.89. The van der Waals surface area contributed by atoms with Crippen molar-refractivity contribution in [3.05, 3.63) is 53.6 Å². The summed E-state index contributed by atoms with van der Waals surface area (Å²) < 4.78 is 16.2. The summed E-state index contributed by atoms with van der Waals surface area (Å²) in [6.07, 6.45) is -0.203. The number of carbonyl (C=O) groups is 1. The number of fused-ring (bicyclic) bond motifs is 1. The lowest BCUT2D eigenvalue weighted by atomic mass is 9.96. The number of hydrogen-bond donors (Lipinski definition) is 0. The lowest BCUT2D eigenvalue weighted by Crippen LogP contribution is -2.25. The molecule has 1 unspecified atom stereocenters. The van der Waals surface area contributed by atoms with Crippen LogP contribution >= 0.6 is 0 Å². The number of benzene rings is 2. The first-order valence-corrected chi connectivity index (χ1v) is 6.71. The van der Waals surface area contributed by atoms with Crippen molar-refractivity contribution in [2.75, 3.05) is 14.2 Å². The van der Waals surface area contributed by atoms with Crippen molar-refractivity contribution < 1.29 is 19.0 Å². The van der Waals surface area contributed by atoms with Gasteiger partial charge in [-0.2, -0.15) is 0 Å². The molecule has 0 bridgehead atoms. The number of methoxy groups -OCH3 is 2. The summed E-state index contributed by atoms with van der Waals surface area (Å²) in [5.74, 6) is 2.23. The van der Waals surface area contributed by atoms with Crippen molar-refractivity contribution >= 4 is 5.78 Å². The molecule has 2 aromatic carbocycles. The van der Waals surface area contributed by atoms with Gasteiger partial charge in [-0.05, 0) is 18.2 Å². The van der Waals surface area contributed by atoms with E-state index in [9.17, 15) is 4.79 Å². The standard InChI is InChI=1S/C17H16O4/c1-19-13-6-3-11(4-7-13)17-15(18)9-12-5-8-14(20-2)10-16(12)21-17/h3-8,10,17H,9H2,1-2H3. The zero-order valence-electron chi connectivity index (χ0n) is 12.0. The molecule has 2 aromatic rings. The van der Waals surface area contributed by atoms with Crippen LogP contribution in [-0.4, -0.2) is 20.0 Å². The van der Waals surface area contributed by atoms with Gasteiger partial charge in [-0.25, -0.2) is 0 Å². The van der Waals surface area contributed by atoms with Crippen molar-refractivity contribution in [3.8, 4) is 17.2 Å². The van der Waals surface area contributed by atoms with Gasteiger partial charge in [0.25, 0.3) is 0 Å². The zero-order chi connectivity index (χ0) is 14.8. The van der Waals surface area contributed by atoms with Crippen molar-refractivity contribution in [2.45, 2.75) is 12.5 Å². The molecule has 1 atom stereocenters. The number of Topliss-reactive ketones (excluding diaryl/α,β-unsaturated/α-hetero) is 1. The van der Waals surface area contributed by atoms with E-state index >= 15 is 0 Å². The molecule has 21 heavy (non-hydrogen) atoms. The molecule has 3 rings (SSSR count). The molecular formula is C17H16O4. The Labute approximate surface area is 123 Å².